The molecule has 0 radical (unpaired) electrons. The molecule has 2 heterocycles. The molecule has 4 rings (SSSR count). The first-order chi connectivity index (χ1) is 15.1. The summed E-state index contributed by atoms with van der Waals surface area (Å²) in [5.41, 5.74) is -2.66. The molecule has 6 nitrogen and oxygen atoms in total. The summed E-state index contributed by atoms with van der Waals surface area (Å²) in [4.78, 5) is 28.3. The minimum atomic E-state index is -4.86. The minimum absolute atomic E-state index is 0. The zero-order chi connectivity index (χ0) is 23.2. The van der Waals surface area contributed by atoms with Gasteiger partial charge in [-0.05, 0) is 42.5 Å². The Balaban J connectivity index is 0.00000204. The number of aromatic nitrogens is 3. The second-order valence-electron chi connectivity index (χ2n) is 6.60. The zero-order valence-electron chi connectivity index (χ0n) is 17.7. The Kier molecular flexibility index (Phi) is 6.94. The summed E-state index contributed by atoms with van der Waals surface area (Å²) < 4.78 is 55.8. The number of hydrogen-bond acceptors (Lipinski definition) is 4. The van der Waals surface area contributed by atoms with Crippen molar-refractivity contribution in [3.8, 4) is 11.3 Å². The van der Waals surface area contributed by atoms with Crippen LogP contribution in [0, 0.1) is 5.82 Å². The molecular formula is C21H11ClF4N3NaO3. The Labute approximate surface area is 211 Å². The normalized spacial score (nSPS) is 11.3. The van der Waals surface area contributed by atoms with Crippen LogP contribution < -0.4 is 29.6 Å². The zero-order valence-corrected chi connectivity index (χ0v) is 19.4. The number of pyridine rings is 1. The molecule has 0 aliphatic carbocycles. The topological polar surface area (TPSA) is 85.1 Å². The maximum absolute atomic E-state index is 14.6. The summed E-state index contributed by atoms with van der Waals surface area (Å²) >= 11 is 5.93. The number of carbonyl (C=O) groups excluding carboxylic acids is 1. The van der Waals surface area contributed by atoms with E-state index in [1.54, 1.807) is 0 Å². The second kappa shape index (κ2) is 9.22. The summed E-state index contributed by atoms with van der Waals surface area (Å²) in [6.45, 7) is 0. The molecule has 33 heavy (non-hydrogen) atoms. The quantitative estimate of drug-likeness (QED) is 0.354. The monoisotopic (exact) mass is 487 g/mol. The number of rotatable bonds is 3. The van der Waals surface area contributed by atoms with E-state index in [9.17, 15) is 27.2 Å². The van der Waals surface area contributed by atoms with Crippen LogP contribution in [-0.2, 0) is 6.18 Å². The number of carboxylic acids is 1. The predicted octanol–water partition coefficient (Wildman–Crippen LogP) is 2.41. The van der Waals surface area contributed by atoms with Gasteiger partial charge < -0.3 is 6.53 Å². The average molecular weight is 488 g/mol. The molecule has 4 aromatic rings. The van der Waals surface area contributed by atoms with E-state index in [0.717, 1.165) is 30.3 Å². The molecular weight excluding hydrogens is 477 g/mol. The van der Waals surface area contributed by atoms with Crippen molar-refractivity contribution < 1.29 is 63.2 Å². The fraction of sp³-hybridized carbons (Fsp3) is 0.0476. The number of aromatic carboxylic acids is 1. The molecule has 2 aromatic heterocycles. The Hall–Kier alpha value is -2.79. The van der Waals surface area contributed by atoms with Crippen molar-refractivity contribution in [1.82, 2.24) is 14.8 Å². The van der Waals surface area contributed by atoms with Gasteiger partial charge in [0, 0.05) is 11.8 Å². The molecule has 0 aliphatic rings. The smallest absolute Gasteiger partial charge is 1.00 e. The van der Waals surface area contributed by atoms with Gasteiger partial charge in [0.2, 0.25) is 0 Å². The Bertz CT molecular complexity index is 1410. The fourth-order valence-corrected chi connectivity index (χ4v) is 3.47. The molecule has 0 atom stereocenters. The number of nitrogens with zero attached hydrogens (tertiary/aromatic N) is 3. The third-order valence-electron chi connectivity index (χ3n) is 4.64. The Morgan fingerprint density at radius 3 is 2.45 bits per heavy atom. The maximum atomic E-state index is 14.6. The van der Waals surface area contributed by atoms with Crippen molar-refractivity contribution in [1.29, 1.82) is 0 Å². The first-order valence-electron chi connectivity index (χ1n) is 8.87. The van der Waals surface area contributed by atoms with E-state index in [4.69, 9.17) is 16.7 Å². The van der Waals surface area contributed by atoms with Crippen LogP contribution in [0.15, 0.2) is 54.7 Å². The number of alkyl halides is 3. The van der Waals surface area contributed by atoms with Gasteiger partial charge in [-0.1, -0.05) is 17.7 Å². The summed E-state index contributed by atoms with van der Waals surface area (Å²) in [5, 5.41) is 12.6. The first kappa shape index (κ1) is 24.8. The van der Waals surface area contributed by atoms with Gasteiger partial charge >= 0.3 is 41.7 Å². The van der Waals surface area contributed by atoms with Gasteiger partial charge in [0.05, 0.1) is 27.2 Å². The van der Waals surface area contributed by atoms with Crippen molar-refractivity contribution in [3.63, 3.8) is 0 Å². The van der Waals surface area contributed by atoms with Crippen LogP contribution in [0.3, 0.4) is 0 Å². The molecule has 2 aromatic carbocycles. The summed E-state index contributed by atoms with van der Waals surface area (Å²) in [6.07, 6.45) is -3.53. The predicted molar refractivity (Wildman–Crippen MR) is 107 cm³/mol. The Morgan fingerprint density at radius 1 is 1.09 bits per heavy atom. The Morgan fingerprint density at radius 2 is 1.82 bits per heavy atom. The van der Waals surface area contributed by atoms with Crippen LogP contribution in [0.4, 0.5) is 17.6 Å². The van der Waals surface area contributed by atoms with Crippen LogP contribution in [0.1, 0.15) is 27.7 Å². The van der Waals surface area contributed by atoms with Crippen LogP contribution in [-0.4, -0.2) is 31.7 Å². The molecule has 0 saturated carbocycles. The van der Waals surface area contributed by atoms with Gasteiger partial charge in [-0.2, -0.15) is 23.0 Å². The fourth-order valence-electron chi connectivity index (χ4n) is 3.21. The molecule has 0 unspecified atom stereocenters. The van der Waals surface area contributed by atoms with E-state index in [2.05, 4.69) is 10.1 Å². The van der Waals surface area contributed by atoms with Crippen LogP contribution >= 0.6 is 11.6 Å². The average Bonchev–Trinajstić information content (AvgIpc) is 3.12. The van der Waals surface area contributed by atoms with Gasteiger partial charge in [-0.15, -0.1) is 0 Å². The van der Waals surface area contributed by atoms with Crippen molar-refractivity contribution in [2.24, 2.45) is 0 Å². The minimum Gasteiger partial charge on any atom is -1.00 e. The maximum Gasteiger partial charge on any atom is 1.00 e. The molecule has 0 fully saturated rings. The van der Waals surface area contributed by atoms with Gasteiger partial charge in [-0.25, -0.2) is 9.18 Å². The SMILES string of the molecule is O=C(O)c1ccc(-c2nn(C(=O)c3c(Cl)cccc3C(F)(F)F)c3cccnc23)c(F)c1.[H-].[Na+]. The number of benzene rings is 2. The summed E-state index contributed by atoms with van der Waals surface area (Å²) in [7, 11) is 0. The number of fused-ring (bicyclic) bond motifs is 1. The van der Waals surface area contributed by atoms with Crippen molar-refractivity contribution in [3.05, 3.63) is 82.3 Å². The van der Waals surface area contributed by atoms with Gasteiger partial charge in [0.1, 0.15) is 17.0 Å². The van der Waals surface area contributed by atoms with Crippen molar-refractivity contribution in [2.75, 3.05) is 0 Å². The molecule has 0 saturated heterocycles. The number of hydrogen-bond donors (Lipinski definition) is 1. The molecule has 0 amide bonds. The number of carbonyl (C=O) groups is 2. The first-order valence-corrected chi connectivity index (χ1v) is 9.24. The standard InChI is InChI=1S/C21H10ClF4N3O3.Na.H/c22-13-4-1-3-12(21(24,25)26)16(13)19(30)29-15-5-2-8-27-18(15)17(28-29)11-7-6-10(20(31)32)9-14(11)23;;/h1-9H,(H,31,32);;/q;+1;-1. The largest absolute Gasteiger partial charge is 1.00 e. The summed E-state index contributed by atoms with van der Waals surface area (Å²) in [6, 6.07) is 8.77. The van der Waals surface area contributed by atoms with Gasteiger partial charge in [0.25, 0.3) is 5.91 Å². The second-order valence-corrected chi connectivity index (χ2v) is 7.00. The van der Waals surface area contributed by atoms with E-state index >= 15 is 0 Å². The molecule has 0 aliphatic heterocycles. The third kappa shape index (κ3) is 4.51. The van der Waals surface area contributed by atoms with Gasteiger partial charge in [0.15, 0.2) is 0 Å². The molecule has 0 spiro atoms. The van der Waals surface area contributed by atoms with Crippen molar-refractivity contribution >= 4 is 34.5 Å². The number of halogens is 5. The molecule has 12 heteroatoms. The van der Waals surface area contributed by atoms with E-state index < -0.39 is 40.0 Å². The van der Waals surface area contributed by atoms with E-state index in [-0.39, 0.29) is 58.8 Å². The molecule has 1 N–H and O–H groups in total. The van der Waals surface area contributed by atoms with Crippen LogP contribution in [0.5, 0.6) is 0 Å². The van der Waals surface area contributed by atoms with E-state index in [1.807, 2.05) is 0 Å². The van der Waals surface area contributed by atoms with Gasteiger partial charge in [-0.3, -0.25) is 9.78 Å². The van der Waals surface area contributed by atoms with Crippen molar-refractivity contribution in [2.45, 2.75) is 6.18 Å². The third-order valence-corrected chi connectivity index (χ3v) is 4.95. The number of carboxylic acid groups (broad SMARTS) is 1. The van der Waals surface area contributed by atoms with Crippen LogP contribution in [0.2, 0.25) is 5.02 Å². The molecule has 164 valence electrons. The molecule has 0 bridgehead atoms. The summed E-state index contributed by atoms with van der Waals surface area (Å²) in [5.74, 6) is -3.49. The van der Waals surface area contributed by atoms with E-state index in [0.29, 0.717) is 10.7 Å². The van der Waals surface area contributed by atoms with Crippen LogP contribution in [0.25, 0.3) is 22.3 Å². The van der Waals surface area contributed by atoms with E-state index in [1.165, 1.54) is 18.3 Å².